The van der Waals surface area contributed by atoms with Gasteiger partial charge in [-0.25, -0.2) is 4.79 Å². The maximum Gasteiger partial charge on any atom is 0.331 e. The van der Waals surface area contributed by atoms with Crippen molar-refractivity contribution in [1.29, 1.82) is 0 Å². The van der Waals surface area contributed by atoms with Crippen LogP contribution in [0.4, 0.5) is 0 Å². The van der Waals surface area contributed by atoms with Crippen LogP contribution in [-0.4, -0.2) is 36.1 Å². The van der Waals surface area contributed by atoms with Gasteiger partial charge in [0.05, 0.1) is 20.1 Å². The summed E-state index contributed by atoms with van der Waals surface area (Å²) in [5.74, 6) is 0.257. The topological polar surface area (TPSA) is 80.4 Å². The van der Waals surface area contributed by atoms with Gasteiger partial charge in [-0.2, -0.15) is 0 Å². The summed E-state index contributed by atoms with van der Waals surface area (Å²) < 4.78 is 10.4. The Labute approximate surface area is 146 Å². The molecule has 0 saturated heterocycles. The highest BCUT2D eigenvalue weighted by molar-refractivity contribution is 5.93. The number of nitrogens with one attached hydrogen (secondary N) is 2. The number of rotatable bonds is 6. The van der Waals surface area contributed by atoms with Gasteiger partial charge in [0.2, 0.25) is 5.91 Å². The first-order valence-electron chi connectivity index (χ1n) is 8.70. The van der Waals surface area contributed by atoms with Gasteiger partial charge in [-0.15, -0.1) is 0 Å². The average molecular weight is 344 g/mol. The van der Waals surface area contributed by atoms with Crippen LogP contribution < -0.4 is 10.1 Å². The second kappa shape index (κ2) is 7.17. The molecule has 1 saturated carbocycles. The van der Waals surface area contributed by atoms with Crippen molar-refractivity contribution in [3.05, 3.63) is 30.0 Å². The summed E-state index contributed by atoms with van der Waals surface area (Å²) in [5, 5.41) is 3.90. The molecule has 1 aliphatic rings. The Bertz CT molecular complexity index is 775. The minimum Gasteiger partial charge on any atom is -0.497 e. The Morgan fingerprint density at radius 3 is 2.72 bits per heavy atom. The van der Waals surface area contributed by atoms with E-state index in [0.717, 1.165) is 35.1 Å². The summed E-state index contributed by atoms with van der Waals surface area (Å²) in [4.78, 5) is 28.1. The molecular formula is C19H24N2O4. The highest BCUT2D eigenvalue weighted by Crippen LogP contribution is 2.31. The van der Waals surface area contributed by atoms with Crippen molar-refractivity contribution in [2.24, 2.45) is 0 Å². The summed E-state index contributed by atoms with van der Waals surface area (Å²) in [6.07, 6.45) is 5.15. The Morgan fingerprint density at radius 2 is 2.04 bits per heavy atom. The van der Waals surface area contributed by atoms with Gasteiger partial charge in [-0.1, -0.05) is 12.8 Å². The molecule has 0 aliphatic heterocycles. The highest BCUT2D eigenvalue weighted by atomic mass is 16.5. The van der Waals surface area contributed by atoms with E-state index in [1.165, 1.54) is 0 Å². The normalized spacial score (nSPS) is 15.9. The van der Waals surface area contributed by atoms with E-state index in [9.17, 15) is 9.59 Å². The number of hydrogen-bond acceptors (Lipinski definition) is 4. The highest BCUT2D eigenvalue weighted by Gasteiger charge is 2.43. The number of hydrogen-bond donors (Lipinski definition) is 2. The number of carbonyl (C=O) groups excluding carboxylic acids is 2. The zero-order chi connectivity index (χ0) is 17.9. The third kappa shape index (κ3) is 3.48. The van der Waals surface area contributed by atoms with Crippen molar-refractivity contribution in [1.82, 2.24) is 10.3 Å². The van der Waals surface area contributed by atoms with E-state index in [2.05, 4.69) is 10.3 Å². The van der Waals surface area contributed by atoms with Crippen LogP contribution in [0.1, 0.15) is 38.2 Å². The Balaban J connectivity index is 1.76. The van der Waals surface area contributed by atoms with E-state index in [1.807, 2.05) is 24.4 Å². The van der Waals surface area contributed by atoms with E-state index < -0.39 is 5.54 Å². The molecule has 0 atom stereocenters. The van der Waals surface area contributed by atoms with Gasteiger partial charge in [-0.3, -0.25) is 4.79 Å². The van der Waals surface area contributed by atoms with E-state index in [0.29, 0.717) is 19.4 Å². The SMILES string of the molecule is CCOC(=O)C1(NC(=O)Cc2c[nH]c3ccc(OC)cc23)CCCC1. The molecule has 1 aliphatic carbocycles. The number of H-pyrrole nitrogens is 1. The predicted octanol–water partition coefficient (Wildman–Crippen LogP) is 2.71. The lowest BCUT2D eigenvalue weighted by atomic mass is 9.97. The lowest BCUT2D eigenvalue weighted by Crippen LogP contribution is -2.53. The lowest BCUT2D eigenvalue weighted by molar-refractivity contribution is -0.153. The van der Waals surface area contributed by atoms with Gasteiger partial charge < -0.3 is 19.8 Å². The molecule has 1 heterocycles. The summed E-state index contributed by atoms with van der Waals surface area (Å²) in [7, 11) is 1.61. The molecule has 0 spiro atoms. The first-order chi connectivity index (χ1) is 12.1. The monoisotopic (exact) mass is 344 g/mol. The third-order valence-electron chi connectivity index (χ3n) is 4.83. The van der Waals surface area contributed by atoms with E-state index in [-0.39, 0.29) is 18.3 Å². The van der Waals surface area contributed by atoms with Crippen molar-refractivity contribution in [2.45, 2.75) is 44.6 Å². The van der Waals surface area contributed by atoms with Gasteiger partial charge in [0.15, 0.2) is 0 Å². The van der Waals surface area contributed by atoms with Gasteiger partial charge in [-0.05, 0) is 43.5 Å². The molecule has 2 N–H and O–H groups in total. The number of fused-ring (bicyclic) bond motifs is 1. The molecule has 1 fully saturated rings. The number of methoxy groups -OCH3 is 1. The van der Waals surface area contributed by atoms with E-state index in [1.54, 1.807) is 14.0 Å². The maximum atomic E-state index is 12.6. The average Bonchev–Trinajstić information content (AvgIpc) is 3.23. The predicted molar refractivity (Wildman–Crippen MR) is 94.5 cm³/mol. The van der Waals surface area contributed by atoms with Gasteiger partial charge in [0.1, 0.15) is 11.3 Å². The first kappa shape index (κ1) is 17.3. The molecule has 134 valence electrons. The minimum absolute atomic E-state index is 0.168. The number of ether oxygens (including phenoxy) is 2. The molecule has 0 unspecified atom stereocenters. The number of esters is 1. The number of amides is 1. The molecule has 2 aromatic rings. The lowest BCUT2D eigenvalue weighted by Gasteiger charge is -2.27. The second-order valence-corrected chi connectivity index (χ2v) is 6.46. The molecular weight excluding hydrogens is 320 g/mol. The zero-order valence-corrected chi connectivity index (χ0v) is 14.7. The van der Waals surface area contributed by atoms with Crippen molar-refractivity contribution < 1.29 is 19.1 Å². The smallest absolute Gasteiger partial charge is 0.331 e. The van der Waals surface area contributed by atoms with Crippen molar-refractivity contribution >= 4 is 22.8 Å². The third-order valence-corrected chi connectivity index (χ3v) is 4.83. The quantitative estimate of drug-likeness (QED) is 0.790. The van der Waals surface area contributed by atoms with Crippen LogP contribution in [0, 0.1) is 0 Å². The molecule has 6 heteroatoms. The van der Waals surface area contributed by atoms with Gasteiger partial charge in [0, 0.05) is 17.1 Å². The molecule has 1 aromatic heterocycles. The largest absolute Gasteiger partial charge is 0.497 e. The number of aromatic amines is 1. The number of benzene rings is 1. The van der Waals surface area contributed by atoms with Crippen molar-refractivity contribution in [3.8, 4) is 5.75 Å². The van der Waals surface area contributed by atoms with Crippen LogP contribution in [0.3, 0.4) is 0 Å². The Kier molecular flexibility index (Phi) is 4.97. The van der Waals surface area contributed by atoms with Crippen LogP contribution >= 0.6 is 0 Å². The second-order valence-electron chi connectivity index (χ2n) is 6.46. The van der Waals surface area contributed by atoms with E-state index in [4.69, 9.17) is 9.47 Å². The fourth-order valence-corrected chi connectivity index (χ4v) is 3.54. The van der Waals surface area contributed by atoms with Crippen LogP contribution in [0.15, 0.2) is 24.4 Å². The standard InChI is InChI=1S/C19H24N2O4/c1-3-25-18(23)19(8-4-5-9-19)21-17(22)10-13-12-20-16-7-6-14(24-2)11-15(13)16/h6-7,11-12,20H,3-5,8-10H2,1-2H3,(H,21,22). The molecule has 6 nitrogen and oxygen atoms in total. The number of carbonyl (C=O) groups is 2. The van der Waals surface area contributed by atoms with Crippen molar-refractivity contribution in [3.63, 3.8) is 0 Å². The maximum absolute atomic E-state index is 12.6. The molecule has 3 rings (SSSR count). The van der Waals surface area contributed by atoms with Crippen LogP contribution in [0.25, 0.3) is 10.9 Å². The Hall–Kier alpha value is -2.50. The minimum atomic E-state index is -0.864. The molecule has 0 bridgehead atoms. The van der Waals surface area contributed by atoms with Crippen LogP contribution in [0.5, 0.6) is 5.75 Å². The Morgan fingerprint density at radius 1 is 1.28 bits per heavy atom. The molecule has 0 radical (unpaired) electrons. The molecule has 1 aromatic carbocycles. The van der Waals surface area contributed by atoms with Gasteiger partial charge in [0.25, 0.3) is 0 Å². The fraction of sp³-hybridized carbons (Fsp3) is 0.474. The fourth-order valence-electron chi connectivity index (χ4n) is 3.54. The van der Waals surface area contributed by atoms with Crippen molar-refractivity contribution in [2.75, 3.05) is 13.7 Å². The number of aromatic nitrogens is 1. The van der Waals surface area contributed by atoms with E-state index >= 15 is 0 Å². The zero-order valence-electron chi connectivity index (χ0n) is 14.7. The summed E-state index contributed by atoms with van der Waals surface area (Å²) in [6.45, 7) is 2.10. The summed E-state index contributed by atoms with van der Waals surface area (Å²) in [5.41, 5.74) is 0.963. The molecule has 25 heavy (non-hydrogen) atoms. The molecule has 1 amide bonds. The van der Waals surface area contributed by atoms with Gasteiger partial charge >= 0.3 is 5.97 Å². The summed E-state index contributed by atoms with van der Waals surface area (Å²) in [6, 6.07) is 5.70. The first-order valence-corrected chi connectivity index (χ1v) is 8.70. The van der Waals surface area contributed by atoms with Crippen LogP contribution in [0.2, 0.25) is 0 Å². The van der Waals surface area contributed by atoms with Crippen LogP contribution in [-0.2, 0) is 20.7 Å². The summed E-state index contributed by atoms with van der Waals surface area (Å²) >= 11 is 0.